The van der Waals surface area contributed by atoms with E-state index in [1.165, 1.54) is 11.3 Å². The first-order valence-corrected chi connectivity index (χ1v) is 9.29. The molecule has 0 aliphatic heterocycles. The maximum Gasteiger partial charge on any atom is 0.329 e. The van der Waals surface area contributed by atoms with Crippen molar-refractivity contribution in [2.24, 2.45) is 5.92 Å². The number of carboxylic acid groups (broad SMARTS) is 1. The molecular weight excluding hydrogens is 422 g/mol. The first-order valence-electron chi connectivity index (χ1n) is 6.88. The molecule has 1 saturated carbocycles. The van der Waals surface area contributed by atoms with E-state index in [1.807, 2.05) is 0 Å². The Morgan fingerprint density at radius 2 is 2.05 bits per heavy atom. The summed E-state index contributed by atoms with van der Waals surface area (Å²) in [5.41, 5.74) is -1.12. The zero-order chi connectivity index (χ0) is 15.6. The Morgan fingerprint density at radius 1 is 1.43 bits per heavy atom. The molecule has 1 amide bonds. The van der Waals surface area contributed by atoms with E-state index in [1.54, 1.807) is 6.07 Å². The summed E-state index contributed by atoms with van der Waals surface area (Å²) in [6.07, 6.45) is 3.76. The van der Waals surface area contributed by atoms with Crippen LogP contribution >= 0.6 is 43.2 Å². The molecule has 1 heterocycles. The molecule has 0 saturated heterocycles. The molecule has 0 unspecified atom stereocenters. The van der Waals surface area contributed by atoms with Crippen LogP contribution in [0.5, 0.6) is 0 Å². The van der Waals surface area contributed by atoms with E-state index in [0.717, 1.165) is 27.5 Å². The van der Waals surface area contributed by atoms with Gasteiger partial charge in [-0.3, -0.25) is 4.79 Å². The third kappa shape index (κ3) is 3.68. The Bertz CT molecular complexity index is 531. The zero-order valence-corrected chi connectivity index (χ0v) is 15.6. The van der Waals surface area contributed by atoms with Crippen molar-refractivity contribution in [1.82, 2.24) is 5.32 Å². The van der Waals surface area contributed by atoms with E-state index in [4.69, 9.17) is 0 Å². The lowest BCUT2D eigenvalue weighted by atomic mass is 9.75. The van der Waals surface area contributed by atoms with Gasteiger partial charge in [0.05, 0.1) is 8.66 Å². The molecule has 4 nitrogen and oxygen atoms in total. The number of hydrogen-bond acceptors (Lipinski definition) is 3. The minimum atomic E-state index is -1.12. The van der Waals surface area contributed by atoms with Gasteiger partial charge in [0.2, 0.25) is 0 Å². The molecule has 0 radical (unpaired) electrons. The van der Waals surface area contributed by atoms with Crippen molar-refractivity contribution in [3.63, 3.8) is 0 Å². The minimum Gasteiger partial charge on any atom is -0.480 e. The maximum absolute atomic E-state index is 12.3. The predicted octanol–water partition coefficient (Wildman–Crippen LogP) is 4.43. The van der Waals surface area contributed by atoms with Crippen molar-refractivity contribution in [3.05, 3.63) is 19.2 Å². The molecule has 1 fully saturated rings. The molecule has 2 N–H and O–H groups in total. The van der Waals surface area contributed by atoms with Crippen LogP contribution in [0.2, 0.25) is 0 Å². The molecule has 1 aromatic rings. The summed E-state index contributed by atoms with van der Waals surface area (Å²) in [7, 11) is 0. The van der Waals surface area contributed by atoms with E-state index < -0.39 is 11.5 Å². The molecule has 1 aliphatic rings. The number of rotatable bonds is 4. The van der Waals surface area contributed by atoms with Crippen molar-refractivity contribution in [2.75, 3.05) is 0 Å². The summed E-state index contributed by atoms with van der Waals surface area (Å²) in [6.45, 7) is 2.12. The molecule has 1 aromatic heterocycles. The van der Waals surface area contributed by atoms with E-state index in [2.05, 4.69) is 44.1 Å². The zero-order valence-electron chi connectivity index (χ0n) is 11.6. The topological polar surface area (TPSA) is 66.4 Å². The number of carboxylic acids is 1. The largest absolute Gasteiger partial charge is 0.480 e. The maximum atomic E-state index is 12.3. The lowest BCUT2D eigenvalue weighted by molar-refractivity contribution is -0.146. The van der Waals surface area contributed by atoms with Crippen LogP contribution in [0.1, 0.15) is 48.7 Å². The molecule has 21 heavy (non-hydrogen) atoms. The number of amides is 1. The Morgan fingerprint density at radius 3 is 2.48 bits per heavy atom. The van der Waals surface area contributed by atoms with Gasteiger partial charge in [0.15, 0.2) is 0 Å². The first kappa shape index (κ1) is 17.0. The normalized spacial score (nSPS) is 25.6. The second-order valence-corrected chi connectivity index (χ2v) is 8.65. The third-order valence-corrected chi connectivity index (χ3v) is 7.42. The standard InChI is InChI=1S/C14H17Br2NO3S/c1-2-8-3-5-14(6-4-8,13(19)20)17-12(18)10-7-9(15)11(16)21-10/h7-8H,2-6H2,1H3,(H,17,18)(H,19,20). The van der Waals surface area contributed by atoms with Crippen molar-refractivity contribution >= 4 is 55.1 Å². The molecule has 7 heteroatoms. The summed E-state index contributed by atoms with van der Waals surface area (Å²) >= 11 is 7.97. The van der Waals surface area contributed by atoms with E-state index >= 15 is 0 Å². The van der Waals surface area contributed by atoms with Crippen LogP contribution in [0.3, 0.4) is 0 Å². The second-order valence-electron chi connectivity index (χ2n) is 5.43. The van der Waals surface area contributed by atoms with Crippen molar-refractivity contribution < 1.29 is 14.7 Å². The van der Waals surface area contributed by atoms with Gasteiger partial charge in [0, 0.05) is 4.47 Å². The lowest BCUT2D eigenvalue weighted by Crippen LogP contribution is -2.56. The highest BCUT2D eigenvalue weighted by atomic mass is 79.9. The second kappa shape index (κ2) is 6.79. The molecule has 0 atom stereocenters. The monoisotopic (exact) mass is 437 g/mol. The van der Waals surface area contributed by atoms with Crippen molar-refractivity contribution in [3.8, 4) is 0 Å². The fourth-order valence-corrected chi connectivity index (χ4v) is 4.64. The number of hydrogen-bond donors (Lipinski definition) is 2. The molecule has 0 bridgehead atoms. The number of carbonyl (C=O) groups is 2. The van der Waals surface area contributed by atoms with E-state index in [9.17, 15) is 14.7 Å². The summed E-state index contributed by atoms with van der Waals surface area (Å²) in [4.78, 5) is 24.5. The van der Waals surface area contributed by atoms with Gasteiger partial charge in [-0.2, -0.15) is 0 Å². The molecule has 1 aliphatic carbocycles. The molecule has 0 aromatic carbocycles. The fraction of sp³-hybridized carbons (Fsp3) is 0.571. The highest BCUT2D eigenvalue weighted by molar-refractivity contribution is 9.13. The first-order chi connectivity index (χ1) is 9.88. The predicted molar refractivity (Wildman–Crippen MR) is 89.8 cm³/mol. The molecular formula is C14H17Br2NO3S. The Kier molecular flexibility index (Phi) is 5.48. The van der Waals surface area contributed by atoms with Crippen LogP contribution in [0.15, 0.2) is 14.3 Å². The molecule has 2 rings (SSSR count). The van der Waals surface area contributed by atoms with Gasteiger partial charge >= 0.3 is 5.97 Å². The number of aliphatic carboxylic acids is 1. The summed E-state index contributed by atoms with van der Waals surface area (Å²) in [5.74, 6) is -0.678. The van der Waals surface area contributed by atoms with Crippen LogP contribution in [-0.2, 0) is 4.79 Å². The smallest absolute Gasteiger partial charge is 0.329 e. The lowest BCUT2D eigenvalue weighted by Gasteiger charge is -2.37. The van der Waals surface area contributed by atoms with Crippen LogP contribution in [0.4, 0.5) is 0 Å². The van der Waals surface area contributed by atoms with Gasteiger partial charge < -0.3 is 10.4 Å². The van der Waals surface area contributed by atoms with Gasteiger partial charge in [-0.05, 0) is 69.5 Å². The van der Waals surface area contributed by atoms with Crippen LogP contribution in [0.25, 0.3) is 0 Å². The number of halogens is 2. The fourth-order valence-electron chi connectivity index (χ4n) is 2.71. The van der Waals surface area contributed by atoms with E-state index in [-0.39, 0.29) is 5.91 Å². The minimum absolute atomic E-state index is 0.316. The van der Waals surface area contributed by atoms with Crippen molar-refractivity contribution in [2.45, 2.75) is 44.6 Å². The molecule has 0 spiro atoms. The van der Waals surface area contributed by atoms with Crippen molar-refractivity contribution in [1.29, 1.82) is 0 Å². The molecule has 116 valence electrons. The Labute approximate surface area is 144 Å². The third-order valence-electron chi connectivity index (χ3n) is 4.17. The Balaban J connectivity index is 2.13. The van der Waals surface area contributed by atoms with Gasteiger partial charge in [-0.15, -0.1) is 11.3 Å². The SMILES string of the molecule is CCC1CCC(NC(=O)c2cc(Br)c(Br)s2)(C(=O)O)CC1. The average molecular weight is 439 g/mol. The summed E-state index contributed by atoms with van der Waals surface area (Å²) in [5, 5.41) is 12.3. The van der Waals surface area contributed by atoms with Crippen LogP contribution in [0, 0.1) is 5.92 Å². The van der Waals surface area contributed by atoms with Gasteiger partial charge in [0.1, 0.15) is 5.54 Å². The summed E-state index contributed by atoms with van der Waals surface area (Å²) in [6, 6.07) is 1.71. The van der Waals surface area contributed by atoms with Crippen LogP contribution in [-0.4, -0.2) is 22.5 Å². The highest BCUT2D eigenvalue weighted by Crippen LogP contribution is 2.36. The number of carbonyl (C=O) groups excluding carboxylic acids is 1. The quantitative estimate of drug-likeness (QED) is 0.730. The number of thiophene rings is 1. The summed E-state index contributed by atoms with van der Waals surface area (Å²) < 4.78 is 1.63. The van der Waals surface area contributed by atoms with Gasteiger partial charge in [-0.25, -0.2) is 4.79 Å². The van der Waals surface area contributed by atoms with E-state index in [0.29, 0.717) is 23.6 Å². The Hall–Kier alpha value is -0.400. The number of nitrogens with one attached hydrogen (secondary N) is 1. The highest BCUT2D eigenvalue weighted by Gasteiger charge is 2.43. The average Bonchev–Trinajstić information content (AvgIpc) is 2.79. The van der Waals surface area contributed by atoms with Gasteiger partial charge in [0.25, 0.3) is 5.91 Å². The van der Waals surface area contributed by atoms with Crippen LogP contribution < -0.4 is 5.32 Å². The van der Waals surface area contributed by atoms with Gasteiger partial charge in [-0.1, -0.05) is 13.3 Å².